The molecule has 5 nitrogen and oxygen atoms in total. The van der Waals surface area contributed by atoms with Crippen LogP contribution in [-0.2, 0) is 11.3 Å². The maximum absolute atomic E-state index is 9.16. The molecular weight excluding hydrogens is 206 g/mol. The van der Waals surface area contributed by atoms with E-state index in [1.165, 1.54) is 0 Å². The summed E-state index contributed by atoms with van der Waals surface area (Å²) in [5.41, 5.74) is 0.0717. The van der Waals surface area contributed by atoms with E-state index in [1.807, 2.05) is 11.5 Å². The summed E-state index contributed by atoms with van der Waals surface area (Å²) in [5.74, 6) is 0.632. The van der Waals surface area contributed by atoms with Crippen LogP contribution in [0.5, 0.6) is 0 Å². The molecule has 90 valence electrons. The molecule has 1 aromatic rings. The van der Waals surface area contributed by atoms with Crippen molar-refractivity contribution in [2.45, 2.75) is 45.9 Å². The molecule has 1 N–H and O–H groups in total. The van der Waals surface area contributed by atoms with Crippen LogP contribution in [0, 0.1) is 5.41 Å². The van der Waals surface area contributed by atoms with Crippen molar-refractivity contribution in [3.05, 3.63) is 12.2 Å². The van der Waals surface area contributed by atoms with Gasteiger partial charge in [-0.25, -0.2) is 0 Å². The lowest BCUT2D eigenvalue weighted by Gasteiger charge is -2.52. The van der Waals surface area contributed by atoms with E-state index in [-0.39, 0.29) is 18.1 Å². The van der Waals surface area contributed by atoms with Crippen molar-refractivity contribution in [3.63, 3.8) is 0 Å². The van der Waals surface area contributed by atoms with E-state index in [4.69, 9.17) is 9.84 Å². The standard InChI is InChI=1S/C11H19N3O2/c1-4-16-9-5-8(11(9,2)3)14-7-12-13-10(14)6-15/h7-9,15H,4-6H2,1-3H3. The minimum atomic E-state index is -0.0636. The molecule has 1 saturated carbocycles. The van der Waals surface area contributed by atoms with Gasteiger partial charge >= 0.3 is 0 Å². The molecule has 2 unspecified atom stereocenters. The van der Waals surface area contributed by atoms with Gasteiger partial charge in [-0.2, -0.15) is 0 Å². The quantitative estimate of drug-likeness (QED) is 0.835. The van der Waals surface area contributed by atoms with E-state index in [0.29, 0.717) is 11.9 Å². The summed E-state index contributed by atoms with van der Waals surface area (Å²) in [6, 6.07) is 0.321. The summed E-state index contributed by atoms with van der Waals surface area (Å²) in [5, 5.41) is 16.9. The zero-order valence-corrected chi connectivity index (χ0v) is 10.1. The molecule has 1 aliphatic rings. The van der Waals surface area contributed by atoms with Crippen molar-refractivity contribution in [3.8, 4) is 0 Å². The third-order valence-corrected chi connectivity index (χ3v) is 3.62. The highest BCUT2D eigenvalue weighted by atomic mass is 16.5. The Morgan fingerprint density at radius 2 is 2.38 bits per heavy atom. The van der Waals surface area contributed by atoms with Crippen molar-refractivity contribution < 1.29 is 9.84 Å². The van der Waals surface area contributed by atoms with Crippen LogP contribution < -0.4 is 0 Å². The lowest BCUT2D eigenvalue weighted by molar-refractivity contribution is -0.128. The number of rotatable bonds is 4. The number of nitrogens with zero attached hydrogens (tertiary/aromatic N) is 3. The average molecular weight is 225 g/mol. The van der Waals surface area contributed by atoms with E-state index in [9.17, 15) is 0 Å². The van der Waals surface area contributed by atoms with Gasteiger partial charge in [0, 0.05) is 18.1 Å². The molecular formula is C11H19N3O2. The Morgan fingerprint density at radius 3 is 2.94 bits per heavy atom. The lowest BCUT2D eigenvalue weighted by Crippen LogP contribution is -2.51. The molecule has 0 aromatic carbocycles. The maximum atomic E-state index is 9.16. The van der Waals surface area contributed by atoms with Gasteiger partial charge in [-0.05, 0) is 13.3 Å². The highest BCUT2D eigenvalue weighted by Crippen LogP contribution is 2.51. The van der Waals surface area contributed by atoms with Crippen LogP contribution in [0.25, 0.3) is 0 Å². The number of ether oxygens (including phenoxy) is 1. The number of aliphatic hydroxyl groups is 1. The Morgan fingerprint density at radius 1 is 1.62 bits per heavy atom. The van der Waals surface area contributed by atoms with Gasteiger partial charge in [-0.1, -0.05) is 13.8 Å². The second-order valence-corrected chi connectivity index (χ2v) is 4.83. The van der Waals surface area contributed by atoms with Crippen LogP contribution in [0.1, 0.15) is 39.1 Å². The van der Waals surface area contributed by atoms with E-state index < -0.39 is 0 Å². The van der Waals surface area contributed by atoms with Gasteiger partial charge < -0.3 is 14.4 Å². The Hall–Kier alpha value is -0.940. The van der Waals surface area contributed by atoms with E-state index in [0.717, 1.165) is 13.0 Å². The predicted octanol–water partition coefficient (Wildman–Crippen LogP) is 1.15. The molecule has 0 aliphatic heterocycles. The molecule has 2 rings (SSSR count). The average Bonchev–Trinajstić information content (AvgIpc) is 2.71. The van der Waals surface area contributed by atoms with Gasteiger partial charge in [0.1, 0.15) is 12.9 Å². The molecule has 0 saturated heterocycles. The topological polar surface area (TPSA) is 60.2 Å². The van der Waals surface area contributed by atoms with E-state index in [1.54, 1.807) is 6.33 Å². The minimum Gasteiger partial charge on any atom is -0.388 e. The largest absolute Gasteiger partial charge is 0.388 e. The smallest absolute Gasteiger partial charge is 0.158 e. The Bertz CT molecular complexity index is 362. The first-order valence-electron chi connectivity index (χ1n) is 5.72. The summed E-state index contributed by atoms with van der Waals surface area (Å²) in [6.45, 7) is 7.06. The zero-order chi connectivity index (χ0) is 11.8. The van der Waals surface area contributed by atoms with E-state index in [2.05, 4.69) is 24.0 Å². The van der Waals surface area contributed by atoms with Crippen molar-refractivity contribution in [1.29, 1.82) is 0 Å². The predicted molar refractivity (Wildman–Crippen MR) is 58.8 cm³/mol. The third kappa shape index (κ3) is 1.64. The van der Waals surface area contributed by atoms with Crippen LogP contribution in [0.15, 0.2) is 6.33 Å². The third-order valence-electron chi connectivity index (χ3n) is 3.62. The molecule has 0 spiro atoms. The highest BCUT2D eigenvalue weighted by molar-refractivity contribution is 5.04. The van der Waals surface area contributed by atoms with Gasteiger partial charge in [-0.15, -0.1) is 10.2 Å². The number of aromatic nitrogens is 3. The fourth-order valence-corrected chi connectivity index (χ4v) is 2.46. The summed E-state index contributed by atoms with van der Waals surface area (Å²) < 4.78 is 7.65. The lowest BCUT2D eigenvalue weighted by atomic mass is 9.64. The van der Waals surface area contributed by atoms with Crippen LogP contribution in [0.4, 0.5) is 0 Å². The number of hydrogen-bond acceptors (Lipinski definition) is 4. The fraction of sp³-hybridized carbons (Fsp3) is 0.818. The van der Waals surface area contributed by atoms with Crippen LogP contribution >= 0.6 is 0 Å². The Balaban J connectivity index is 2.14. The van der Waals surface area contributed by atoms with E-state index >= 15 is 0 Å². The normalized spacial score (nSPS) is 27.8. The van der Waals surface area contributed by atoms with Crippen molar-refractivity contribution in [2.75, 3.05) is 6.61 Å². The SMILES string of the molecule is CCOC1CC(n2cnnc2CO)C1(C)C. The second-order valence-electron chi connectivity index (χ2n) is 4.83. The summed E-state index contributed by atoms with van der Waals surface area (Å²) in [6.07, 6.45) is 2.95. The van der Waals surface area contributed by atoms with Gasteiger partial charge in [-0.3, -0.25) is 0 Å². The first kappa shape index (κ1) is 11.5. The molecule has 0 radical (unpaired) electrons. The molecule has 1 aromatic heterocycles. The van der Waals surface area contributed by atoms with Gasteiger partial charge in [0.15, 0.2) is 5.82 Å². The molecule has 2 atom stereocenters. The molecule has 16 heavy (non-hydrogen) atoms. The zero-order valence-electron chi connectivity index (χ0n) is 10.1. The summed E-state index contributed by atoms with van der Waals surface area (Å²) in [7, 11) is 0. The molecule has 5 heteroatoms. The first-order valence-corrected chi connectivity index (χ1v) is 5.72. The van der Waals surface area contributed by atoms with Crippen LogP contribution in [-0.4, -0.2) is 32.6 Å². The minimum absolute atomic E-state index is 0.0636. The van der Waals surface area contributed by atoms with Crippen molar-refractivity contribution in [2.24, 2.45) is 5.41 Å². The van der Waals surface area contributed by atoms with Crippen molar-refractivity contribution in [1.82, 2.24) is 14.8 Å². The monoisotopic (exact) mass is 225 g/mol. The Labute approximate surface area is 95.4 Å². The Kier molecular flexibility index (Phi) is 2.99. The first-order chi connectivity index (χ1) is 7.61. The molecule has 1 aliphatic carbocycles. The second kappa shape index (κ2) is 4.14. The molecule has 0 bridgehead atoms. The number of aliphatic hydroxyl groups excluding tert-OH is 1. The summed E-state index contributed by atoms with van der Waals surface area (Å²) in [4.78, 5) is 0. The van der Waals surface area contributed by atoms with Gasteiger partial charge in [0.25, 0.3) is 0 Å². The number of hydrogen-bond donors (Lipinski definition) is 1. The fourth-order valence-electron chi connectivity index (χ4n) is 2.46. The van der Waals surface area contributed by atoms with Crippen molar-refractivity contribution >= 4 is 0 Å². The van der Waals surface area contributed by atoms with Crippen LogP contribution in [0.2, 0.25) is 0 Å². The molecule has 1 fully saturated rings. The van der Waals surface area contributed by atoms with Crippen LogP contribution in [0.3, 0.4) is 0 Å². The highest BCUT2D eigenvalue weighted by Gasteiger charge is 2.50. The maximum Gasteiger partial charge on any atom is 0.158 e. The summed E-state index contributed by atoms with van der Waals surface area (Å²) >= 11 is 0. The molecule has 0 amide bonds. The molecule has 1 heterocycles. The van der Waals surface area contributed by atoms with Gasteiger partial charge in [0.05, 0.1) is 6.10 Å². The van der Waals surface area contributed by atoms with Gasteiger partial charge in [0.2, 0.25) is 0 Å².